The summed E-state index contributed by atoms with van der Waals surface area (Å²) in [5, 5.41) is 6.82. The summed E-state index contributed by atoms with van der Waals surface area (Å²) < 4.78 is 7.37. The van der Waals surface area contributed by atoms with Crippen molar-refractivity contribution in [2.45, 2.75) is 13.0 Å². The third-order valence-corrected chi connectivity index (χ3v) is 3.06. The number of nitrogens with zero attached hydrogens (tertiary/aromatic N) is 3. The Morgan fingerprint density at radius 1 is 1.42 bits per heavy atom. The number of carbonyl (C=O) groups excluding carboxylic acids is 1. The standard InChI is InChI=1S/C13H14N4O2/c18-13-12-2-1-11(7-10(12)3-4-15-13)19-6-5-17-9-14-8-16-17/h1-2,7-9H,3-6H2,(H,15,18). The molecule has 1 N–H and O–H groups in total. The van der Waals surface area contributed by atoms with Gasteiger partial charge in [-0.25, -0.2) is 9.67 Å². The third-order valence-electron chi connectivity index (χ3n) is 3.06. The van der Waals surface area contributed by atoms with Crippen molar-refractivity contribution in [1.29, 1.82) is 0 Å². The molecular formula is C13H14N4O2. The third kappa shape index (κ3) is 2.57. The Labute approximate surface area is 110 Å². The van der Waals surface area contributed by atoms with Gasteiger partial charge in [0.2, 0.25) is 0 Å². The maximum Gasteiger partial charge on any atom is 0.251 e. The summed E-state index contributed by atoms with van der Waals surface area (Å²) in [6.45, 7) is 1.86. The zero-order valence-corrected chi connectivity index (χ0v) is 10.4. The SMILES string of the molecule is O=C1NCCc2cc(OCCn3cncn3)ccc21. The van der Waals surface area contributed by atoms with Crippen LogP contribution in [0.1, 0.15) is 15.9 Å². The lowest BCUT2D eigenvalue weighted by Gasteiger charge is -2.17. The van der Waals surface area contributed by atoms with Crippen molar-refractivity contribution < 1.29 is 9.53 Å². The van der Waals surface area contributed by atoms with Gasteiger partial charge >= 0.3 is 0 Å². The van der Waals surface area contributed by atoms with E-state index in [2.05, 4.69) is 15.4 Å². The van der Waals surface area contributed by atoms with Crippen molar-refractivity contribution in [2.24, 2.45) is 0 Å². The topological polar surface area (TPSA) is 69.0 Å². The van der Waals surface area contributed by atoms with E-state index in [0.717, 1.165) is 23.3 Å². The van der Waals surface area contributed by atoms with Crippen molar-refractivity contribution in [1.82, 2.24) is 20.1 Å². The normalized spacial score (nSPS) is 13.8. The first-order valence-corrected chi connectivity index (χ1v) is 6.19. The van der Waals surface area contributed by atoms with E-state index >= 15 is 0 Å². The van der Waals surface area contributed by atoms with Crippen LogP contribution in [0.25, 0.3) is 0 Å². The van der Waals surface area contributed by atoms with E-state index in [1.165, 1.54) is 6.33 Å². The van der Waals surface area contributed by atoms with Gasteiger partial charge in [0.15, 0.2) is 0 Å². The van der Waals surface area contributed by atoms with Gasteiger partial charge in [-0.05, 0) is 30.2 Å². The molecular weight excluding hydrogens is 244 g/mol. The van der Waals surface area contributed by atoms with Crippen LogP contribution in [-0.2, 0) is 13.0 Å². The molecule has 3 rings (SSSR count). The number of hydrogen-bond donors (Lipinski definition) is 1. The summed E-state index contributed by atoms with van der Waals surface area (Å²) in [5.41, 5.74) is 1.79. The number of benzene rings is 1. The van der Waals surface area contributed by atoms with Gasteiger partial charge in [0.25, 0.3) is 5.91 Å². The summed E-state index contributed by atoms with van der Waals surface area (Å²) in [6, 6.07) is 5.58. The molecule has 0 atom stereocenters. The molecule has 0 saturated heterocycles. The van der Waals surface area contributed by atoms with Crippen molar-refractivity contribution in [3.63, 3.8) is 0 Å². The fourth-order valence-electron chi connectivity index (χ4n) is 2.10. The average Bonchev–Trinajstić information content (AvgIpc) is 2.92. The molecule has 1 aromatic heterocycles. The highest BCUT2D eigenvalue weighted by Crippen LogP contribution is 2.20. The molecule has 6 heteroatoms. The molecule has 1 aromatic carbocycles. The largest absolute Gasteiger partial charge is 0.492 e. The summed E-state index contributed by atoms with van der Waals surface area (Å²) >= 11 is 0. The Bertz CT molecular complexity index is 580. The Hall–Kier alpha value is -2.37. The number of nitrogens with one attached hydrogen (secondary N) is 1. The lowest BCUT2D eigenvalue weighted by molar-refractivity contribution is 0.0946. The number of rotatable bonds is 4. The lowest BCUT2D eigenvalue weighted by Crippen LogP contribution is -2.31. The van der Waals surface area contributed by atoms with Crippen LogP contribution < -0.4 is 10.1 Å². The van der Waals surface area contributed by atoms with Crippen molar-refractivity contribution in [2.75, 3.05) is 13.2 Å². The molecule has 0 spiro atoms. The maximum absolute atomic E-state index is 11.6. The van der Waals surface area contributed by atoms with Gasteiger partial charge in [-0.1, -0.05) is 0 Å². The first-order valence-electron chi connectivity index (χ1n) is 6.19. The van der Waals surface area contributed by atoms with Gasteiger partial charge in [-0.2, -0.15) is 5.10 Å². The lowest BCUT2D eigenvalue weighted by atomic mass is 10.0. The second-order valence-electron chi connectivity index (χ2n) is 4.33. The highest BCUT2D eigenvalue weighted by atomic mass is 16.5. The van der Waals surface area contributed by atoms with Crippen LogP contribution in [0.15, 0.2) is 30.9 Å². The smallest absolute Gasteiger partial charge is 0.251 e. The van der Waals surface area contributed by atoms with E-state index in [1.807, 2.05) is 18.2 Å². The molecule has 0 aliphatic carbocycles. The summed E-state index contributed by atoms with van der Waals surface area (Å²) in [5.74, 6) is 0.781. The number of fused-ring (bicyclic) bond motifs is 1. The van der Waals surface area contributed by atoms with E-state index in [0.29, 0.717) is 19.7 Å². The number of ether oxygens (including phenoxy) is 1. The zero-order valence-electron chi connectivity index (χ0n) is 10.4. The zero-order chi connectivity index (χ0) is 13.1. The Morgan fingerprint density at radius 2 is 2.37 bits per heavy atom. The summed E-state index contributed by atoms with van der Waals surface area (Å²) in [6.07, 6.45) is 4.00. The molecule has 0 saturated carbocycles. The van der Waals surface area contributed by atoms with Crippen LogP contribution in [0.3, 0.4) is 0 Å². The monoisotopic (exact) mass is 258 g/mol. The number of amides is 1. The Morgan fingerprint density at radius 3 is 3.21 bits per heavy atom. The molecule has 0 radical (unpaired) electrons. The first kappa shape index (κ1) is 11.7. The molecule has 0 fully saturated rings. The van der Waals surface area contributed by atoms with Crippen LogP contribution in [0, 0.1) is 0 Å². The van der Waals surface area contributed by atoms with Gasteiger partial charge in [-0.15, -0.1) is 0 Å². The molecule has 6 nitrogen and oxygen atoms in total. The number of hydrogen-bond acceptors (Lipinski definition) is 4. The van der Waals surface area contributed by atoms with Gasteiger partial charge < -0.3 is 10.1 Å². The molecule has 1 aliphatic heterocycles. The van der Waals surface area contributed by atoms with Crippen molar-refractivity contribution in [3.05, 3.63) is 42.0 Å². The molecule has 1 amide bonds. The van der Waals surface area contributed by atoms with Gasteiger partial charge in [0.05, 0.1) is 6.54 Å². The van der Waals surface area contributed by atoms with Crippen LogP contribution in [0.5, 0.6) is 5.75 Å². The molecule has 2 aromatic rings. The fraction of sp³-hybridized carbons (Fsp3) is 0.308. The second-order valence-corrected chi connectivity index (χ2v) is 4.33. The molecule has 0 bridgehead atoms. The Kier molecular flexibility index (Phi) is 3.14. The molecule has 19 heavy (non-hydrogen) atoms. The van der Waals surface area contributed by atoms with Crippen LogP contribution in [0.4, 0.5) is 0 Å². The second kappa shape index (κ2) is 5.09. The van der Waals surface area contributed by atoms with E-state index in [-0.39, 0.29) is 5.91 Å². The minimum absolute atomic E-state index is 0.00424. The summed E-state index contributed by atoms with van der Waals surface area (Å²) in [4.78, 5) is 15.5. The van der Waals surface area contributed by atoms with E-state index in [9.17, 15) is 4.79 Å². The average molecular weight is 258 g/mol. The molecule has 98 valence electrons. The summed E-state index contributed by atoms with van der Waals surface area (Å²) in [7, 11) is 0. The molecule has 1 aliphatic rings. The van der Waals surface area contributed by atoms with Crippen molar-refractivity contribution in [3.8, 4) is 5.75 Å². The highest BCUT2D eigenvalue weighted by Gasteiger charge is 2.16. The number of carbonyl (C=O) groups is 1. The fourth-order valence-corrected chi connectivity index (χ4v) is 2.10. The predicted molar refractivity (Wildman–Crippen MR) is 68.0 cm³/mol. The quantitative estimate of drug-likeness (QED) is 0.874. The van der Waals surface area contributed by atoms with Gasteiger partial charge in [0.1, 0.15) is 25.0 Å². The van der Waals surface area contributed by atoms with E-state index in [4.69, 9.17) is 4.74 Å². The first-order chi connectivity index (χ1) is 9.33. The van der Waals surface area contributed by atoms with E-state index in [1.54, 1.807) is 11.0 Å². The molecule has 2 heterocycles. The minimum atomic E-state index is -0.00424. The Balaban J connectivity index is 1.64. The van der Waals surface area contributed by atoms with Gasteiger partial charge in [0, 0.05) is 12.1 Å². The minimum Gasteiger partial charge on any atom is -0.492 e. The van der Waals surface area contributed by atoms with Gasteiger partial charge in [-0.3, -0.25) is 4.79 Å². The van der Waals surface area contributed by atoms with Crippen LogP contribution in [-0.4, -0.2) is 33.8 Å². The maximum atomic E-state index is 11.6. The van der Waals surface area contributed by atoms with Crippen LogP contribution >= 0.6 is 0 Å². The highest BCUT2D eigenvalue weighted by molar-refractivity contribution is 5.96. The van der Waals surface area contributed by atoms with E-state index < -0.39 is 0 Å². The predicted octanol–water partition coefficient (Wildman–Crippen LogP) is 0.643. The van der Waals surface area contributed by atoms with Crippen LogP contribution in [0.2, 0.25) is 0 Å². The van der Waals surface area contributed by atoms with Crippen molar-refractivity contribution >= 4 is 5.91 Å². The molecule has 0 unspecified atom stereocenters. The number of aromatic nitrogens is 3.